The topological polar surface area (TPSA) is 77.5 Å². The first-order chi connectivity index (χ1) is 14.9. The van der Waals surface area contributed by atoms with Crippen LogP contribution in [0.5, 0.6) is 11.5 Å². The van der Waals surface area contributed by atoms with Crippen LogP contribution in [0.25, 0.3) is 10.9 Å². The molecular formula is C24H22N2O4S. The number of ether oxygens (including phenoxy) is 2. The number of anilines is 2. The Morgan fingerprint density at radius 2 is 1.48 bits per heavy atom. The summed E-state index contributed by atoms with van der Waals surface area (Å²) in [6.45, 7) is 1.91. The molecule has 0 amide bonds. The van der Waals surface area contributed by atoms with Crippen molar-refractivity contribution >= 4 is 32.1 Å². The number of aromatic nitrogens is 1. The monoisotopic (exact) mass is 434 g/mol. The molecule has 0 aliphatic rings. The first kappa shape index (κ1) is 20.7. The average Bonchev–Trinajstić information content (AvgIpc) is 2.79. The Hall–Kier alpha value is -3.58. The van der Waals surface area contributed by atoms with E-state index in [9.17, 15) is 8.42 Å². The molecule has 0 aliphatic heterocycles. The van der Waals surface area contributed by atoms with Gasteiger partial charge in [0, 0.05) is 17.3 Å². The van der Waals surface area contributed by atoms with Crippen molar-refractivity contribution in [2.24, 2.45) is 0 Å². The third-order valence-corrected chi connectivity index (χ3v) is 6.80. The molecule has 0 aliphatic carbocycles. The first-order valence-electron chi connectivity index (χ1n) is 9.62. The van der Waals surface area contributed by atoms with Crippen LogP contribution in [0, 0.1) is 6.92 Å². The molecule has 4 aromatic rings. The highest BCUT2D eigenvalue weighted by Gasteiger charge is 2.24. The van der Waals surface area contributed by atoms with Gasteiger partial charge in [-0.2, -0.15) is 0 Å². The second-order valence-electron chi connectivity index (χ2n) is 7.05. The van der Waals surface area contributed by atoms with E-state index >= 15 is 0 Å². The van der Waals surface area contributed by atoms with Gasteiger partial charge in [0.25, 0.3) is 0 Å². The quantitative estimate of drug-likeness (QED) is 0.453. The molecule has 0 unspecified atom stereocenters. The highest BCUT2D eigenvalue weighted by molar-refractivity contribution is 7.91. The van der Waals surface area contributed by atoms with E-state index in [2.05, 4.69) is 10.3 Å². The predicted octanol–water partition coefficient (Wildman–Crippen LogP) is 5.14. The molecule has 0 saturated heterocycles. The molecule has 4 rings (SSSR count). The summed E-state index contributed by atoms with van der Waals surface area (Å²) in [5.41, 5.74) is 2.79. The predicted molar refractivity (Wildman–Crippen MR) is 121 cm³/mol. The van der Waals surface area contributed by atoms with Crippen molar-refractivity contribution in [2.75, 3.05) is 19.5 Å². The van der Waals surface area contributed by atoms with Gasteiger partial charge < -0.3 is 14.8 Å². The van der Waals surface area contributed by atoms with Gasteiger partial charge >= 0.3 is 0 Å². The fourth-order valence-corrected chi connectivity index (χ4v) is 4.65. The molecule has 6 nitrogen and oxygen atoms in total. The number of fused-ring (bicyclic) bond motifs is 1. The molecule has 0 bridgehead atoms. The van der Waals surface area contributed by atoms with E-state index in [1.54, 1.807) is 68.8 Å². The Labute approximate surface area is 181 Å². The minimum atomic E-state index is -3.82. The number of hydrogen-bond acceptors (Lipinski definition) is 6. The van der Waals surface area contributed by atoms with E-state index in [0.717, 1.165) is 11.3 Å². The molecule has 31 heavy (non-hydrogen) atoms. The van der Waals surface area contributed by atoms with Crippen molar-refractivity contribution in [3.63, 3.8) is 0 Å². The molecule has 0 fully saturated rings. The van der Waals surface area contributed by atoms with Crippen LogP contribution < -0.4 is 14.8 Å². The average molecular weight is 435 g/mol. The lowest BCUT2D eigenvalue weighted by atomic mass is 10.1. The van der Waals surface area contributed by atoms with Gasteiger partial charge in [-0.05, 0) is 61.5 Å². The maximum Gasteiger partial charge on any atom is 0.210 e. The number of benzene rings is 3. The van der Waals surface area contributed by atoms with Crippen LogP contribution >= 0.6 is 0 Å². The molecule has 0 radical (unpaired) electrons. The fraction of sp³-hybridized carbons (Fsp3) is 0.125. The summed E-state index contributed by atoms with van der Waals surface area (Å²) in [5, 5.41) is 3.92. The minimum absolute atomic E-state index is 0.0907. The maximum atomic E-state index is 13.5. The minimum Gasteiger partial charge on any atom is -0.497 e. The van der Waals surface area contributed by atoms with Crippen LogP contribution in [-0.2, 0) is 9.84 Å². The second kappa shape index (κ2) is 8.28. The number of hydrogen-bond donors (Lipinski definition) is 1. The molecule has 0 saturated carbocycles. The van der Waals surface area contributed by atoms with Gasteiger partial charge in [-0.15, -0.1) is 0 Å². The van der Waals surface area contributed by atoms with Crippen LogP contribution in [-0.4, -0.2) is 27.6 Å². The van der Waals surface area contributed by atoms with Gasteiger partial charge in [0.2, 0.25) is 9.84 Å². The van der Waals surface area contributed by atoms with E-state index in [4.69, 9.17) is 9.47 Å². The molecule has 1 aromatic heterocycles. The maximum absolute atomic E-state index is 13.5. The van der Waals surface area contributed by atoms with Crippen LogP contribution in [0.2, 0.25) is 0 Å². The number of nitrogens with one attached hydrogen (secondary N) is 1. The van der Waals surface area contributed by atoms with Crippen LogP contribution in [0.4, 0.5) is 11.4 Å². The highest BCUT2D eigenvalue weighted by atomic mass is 32.2. The number of sulfone groups is 1. The van der Waals surface area contributed by atoms with Crippen LogP contribution in [0.1, 0.15) is 5.56 Å². The number of aryl methyl sites for hydroxylation is 1. The lowest BCUT2D eigenvalue weighted by Crippen LogP contribution is -2.07. The summed E-state index contributed by atoms with van der Waals surface area (Å²) in [5.74, 6) is 1.32. The van der Waals surface area contributed by atoms with Gasteiger partial charge in [0.1, 0.15) is 16.4 Å². The Morgan fingerprint density at radius 1 is 0.839 bits per heavy atom. The Balaban J connectivity index is 1.93. The van der Waals surface area contributed by atoms with Gasteiger partial charge in [0.15, 0.2) is 0 Å². The van der Waals surface area contributed by atoms with E-state index in [0.29, 0.717) is 28.1 Å². The van der Waals surface area contributed by atoms with Gasteiger partial charge in [-0.3, -0.25) is 4.98 Å². The van der Waals surface area contributed by atoms with Gasteiger partial charge in [-0.1, -0.05) is 17.7 Å². The summed E-state index contributed by atoms with van der Waals surface area (Å²) in [6.07, 6.45) is 1.40. The second-order valence-corrected chi connectivity index (χ2v) is 8.97. The SMILES string of the molecule is COc1ccc(Nc2c(S(=O)(=O)c3ccc(C)cc3)cnc3ccc(OC)cc23)cc1. The van der Waals surface area contributed by atoms with E-state index in [1.165, 1.54) is 6.20 Å². The largest absolute Gasteiger partial charge is 0.497 e. The van der Waals surface area contributed by atoms with Crippen molar-refractivity contribution in [1.82, 2.24) is 4.98 Å². The number of nitrogens with zero attached hydrogens (tertiary/aromatic N) is 1. The Kier molecular flexibility index (Phi) is 5.52. The number of rotatable bonds is 6. The van der Waals surface area contributed by atoms with Crippen molar-refractivity contribution in [1.29, 1.82) is 0 Å². The van der Waals surface area contributed by atoms with Gasteiger partial charge in [0.05, 0.1) is 30.3 Å². The van der Waals surface area contributed by atoms with Crippen molar-refractivity contribution < 1.29 is 17.9 Å². The molecular weight excluding hydrogens is 412 g/mol. The van der Waals surface area contributed by atoms with Crippen molar-refractivity contribution in [3.05, 3.63) is 78.5 Å². The van der Waals surface area contributed by atoms with E-state index in [-0.39, 0.29) is 9.79 Å². The zero-order chi connectivity index (χ0) is 22.0. The van der Waals surface area contributed by atoms with Crippen molar-refractivity contribution in [3.8, 4) is 11.5 Å². The summed E-state index contributed by atoms with van der Waals surface area (Å²) in [7, 11) is -0.659. The lowest BCUT2D eigenvalue weighted by molar-refractivity contribution is 0.415. The third-order valence-electron chi connectivity index (χ3n) is 5.02. The summed E-state index contributed by atoms with van der Waals surface area (Å²) in [4.78, 5) is 4.70. The smallest absolute Gasteiger partial charge is 0.210 e. The van der Waals surface area contributed by atoms with Gasteiger partial charge in [-0.25, -0.2) is 8.42 Å². The molecule has 0 spiro atoms. The van der Waals surface area contributed by atoms with Crippen molar-refractivity contribution in [2.45, 2.75) is 16.7 Å². The molecule has 0 atom stereocenters. The molecule has 3 aromatic carbocycles. The normalized spacial score (nSPS) is 11.3. The Bertz CT molecular complexity index is 1330. The molecule has 1 N–H and O–H groups in total. The summed E-state index contributed by atoms with van der Waals surface area (Å²) >= 11 is 0. The summed E-state index contributed by atoms with van der Waals surface area (Å²) < 4.78 is 37.6. The molecule has 1 heterocycles. The van der Waals surface area contributed by atoms with E-state index in [1.807, 2.05) is 19.1 Å². The lowest BCUT2D eigenvalue weighted by Gasteiger charge is -2.16. The molecule has 7 heteroatoms. The number of methoxy groups -OCH3 is 2. The zero-order valence-electron chi connectivity index (χ0n) is 17.4. The standard InChI is InChI=1S/C24H22N2O4S/c1-16-4-11-20(12-5-16)31(27,28)23-15-25-22-13-10-19(30-3)14-21(22)24(23)26-17-6-8-18(29-2)9-7-17/h4-15H,1-3H3,(H,25,26). The fourth-order valence-electron chi connectivity index (χ4n) is 3.28. The Morgan fingerprint density at radius 3 is 2.13 bits per heavy atom. The molecule has 158 valence electrons. The first-order valence-corrected chi connectivity index (χ1v) is 11.1. The van der Waals surface area contributed by atoms with Crippen LogP contribution in [0.3, 0.4) is 0 Å². The highest BCUT2D eigenvalue weighted by Crippen LogP contribution is 2.36. The third kappa shape index (κ3) is 4.04. The number of pyridine rings is 1. The zero-order valence-corrected chi connectivity index (χ0v) is 18.2. The van der Waals surface area contributed by atoms with Crippen LogP contribution in [0.15, 0.2) is 82.7 Å². The van der Waals surface area contributed by atoms with E-state index < -0.39 is 9.84 Å². The summed E-state index contributed by atoms with van der Waals surface area (Å²) in [6, 6.07) is 19.4.